The van der Waals surface area contributed by atoms with Gasteiger partial charge in [-0.05, 0) is 29.8 Å². The Morgan fingerprint density at radius 1 is 1.06 bits per heavy atom. The minimum atomic E-state index is -1.59. The first-order valence-corrected chi connectivity index (χ1v) is 10.6. The summed E-state index contributed by atoms with van der Waals surface area (Å²) in [5.41, 5.74) is -0.465. The summed E-state index contributed by atoms with van der Waals surface area (Å²) in [7, 11) is 3.05. The number of amides is 2. The van der Waals surface area contributed by atoms with Gasteiger partial charge in [0.15, 0.2) is 6.10 Å². The molecule has 0 saturated carbocycles. The van der Waals surface area contributed by atoms with E-state index in [9.17, 15) is 9.59 Å². The molecule has 1 atom stereocenters. The lowest BCUT2D eigenvalue weighted by Crippen LogP contribution is -2.54. The first kappa shape index (κ1) is 21.9. The van der Waals surface area contributed by atoms with Crippen molar-refractivity contribution >= 4 is 17.5 Å². The fraction of sp³-hybridized carbons (Fsp3) is 0.417. The Morgan fingerprint density at radius 2 is 1.69 bits per heavy atom. The van der Waals surface area contributed by atoms with Crippen molar-refractivity contribution in [2.75, 3.05) is 38.8 Å². The van der Waals surface area contributed by atoms with Gasteiger partial charge in [-0.3, -0.25) is 9.59 Å². The van der Waals surface area contributed by atoms with Crippen LogP contribution in [-0.2, 0) is 15.3 Å². The monoisotopic (exact) mass is 442 g/mol. The zero-order chi connectivity index (χ0) is 22.9. The molecule has 2 amide bonds. The average Bonchev–Trinajstić information content (AvgIpc) is 2.82. The highest BCUT2D eigenvalue weighted by Crippen LogP contribution is 2.41. The first-order valence-electron chi connectivity index (χ1n) is 10.6. The third-order valence-electron chi connectivity index (χ3n) is 6.17. The Bertz CT molecular complexity index is 997. The van der Waals surface area contributed by atoms with Gasteiger partial charge in [0.1, 0.15) is 22.9 Å². The molecular weight excluding hydrogens is 415 g/mol. The molecule has 0 spiro atoms. The molecule has 32 heavy (non-hydrogen) atoms. The fourth-order valence-electron chi connectivity index (χ4n) is 4.30. The van der Waals surface area contributed by atoms with Crippen molar-refractivity contribution in [2.45, 2.75) is 31.5 Å². The molecule has 0 radical (unpaired) electrons. The number of rotatable bonds is 4. The maximum atomic E-state index is 15.8. The van der Waals surface area contributed by atoms with E-state index in [1.54, 1.807) is 46.2 Å². The van der Waals surface area contributed by atoms with E-state index < -0.39 is 11.8 Å². The Morgan fingerprint density at radius 3 is 2.28 bits per heavy atom. The maximum absolute atomic E-state index is 15.8. The highest BCUT2D eigenvalue weighted by molar-refractivity contribution is 5.95. The summed E-state index contributed by atoms with van der Waals surface area (Å²) in [6, 6.07) is 12.2. The highest BCUT2D eigenvalue weighted by atomic mass is 19.1. The number of anilines is 1. The molecule has 4 rings (SSSR count). The number of nitrogens with zero attached hydrogens (tertiary/aromatic N) is 2. The number of likely N-dealkylation sites (tertiary alicyclic amines) is 1. The van der Waals surface area contributed by atoms with Gasteiger partial charge in [-0.2, -0.15) is 0 Å². The normalized spacial score (nSPS) is 19.6. The van der Waals surface area contributed by atoms with Crippen LogP contribution in [0.3, 0.4) is 0 Å². The van der Waals surface area contributed by atoms with Crippen LogP contribution in [0.2, 0.25) is 0 Å². The SMILES string of the molecule is COc1cc(OC)cc(C2(F)CCN(C(=O)C3CN(C(C)=O)c4ccccc4O3)CC2)c1. The van der Waals surface area contributed by atoms with Gasteiger partial charge in [0.05, 0.1) is 26.5 Å². The van der Waals surface area contributed by atoms with Crippen molar-refractivity contribution in [1.82, 2.24) is 4.90 Å². The van der Waals surface area contributed by atoms with E-state index in [2.05, 4.69) is 0 Å². The van der Waals surface area contributed by atoms with E-state index in [1.165, 1.54) is 21.1 Å². The summed E-state index contributed by atoms with van der Waals surface area (Å²) < 4.78 is 32.3. The Kier molecular flexibility index (Phi) is 5.95. The summed E-state index contributed by atoms with van der Waals surface area (Å²) in [5.74, 6) is 1.14. The van der Waals surface area contributed by atoms with Gasteiger partial charge in [-0.1, -0.05) is 12.1 Å². The zero-order valence-electron chi connectivity index (χ0n) is 18.5. The second-order valence-corrected chi connectivity index (χ2v) is 8.10. The predicted molar refractivity (Wildman–Crippen MR) is 117 cm³/mol. The van der Waals surface area contributed by atoms with Gasteiger partial charge in [0, 0.05) is 38.9 Å². The summed E-state index contributed by atoms with van der Waals surface area (Å²) in [6.07, 6.45) is -0.526. The largest absolute Gasteiger partial charge is 0.497 e. The molecular formula is C24H27FN2O5. The Balaban J connectivity index is 1.48. The molecule has 2 aromatic carbocycles. The van der Waals surface area contributed by atoms with Gasteiger partial charge in [-0.25, -0.2) is 4.39 Å². The number of halogens is 1. The number of benzene rings is 2. The summed E-state index contributed by atoms with van der Waals surface area (Å²) >= 11 is 0. The molecule has 2 aliphatic rings. The number of methoxy groups -OCH3 is 2. The van der Waals surface area contributed by atoms with Crippen molar-refractivity contribution in [3.05, 3.63) is 48.0 Å². The van der Waals surface area contributed by atoms with E-state index in [4.69, 9.17) is 14.2 Å². The van der Waals surface area contributed by atoms with Gasteiger partial charge in [0.25, 0.3) is 5.91 Å². The molecule has 1 saturated heterocycles. The fourth-order valence-corrected chi connectivity index (χ4v) is 4.30. The molecule has 0 aromatic heterocycles. The van der Waals surface area contributed by atoms with Crippen molar-refractivity contribution in [2.24, 2.45) is 0 Å². The molecule has 0 N–H and O–H groups in total. The van der Waals surface area contributed by atoms with Crippen molar-refractivity contribution in [1.29, 1.82) is 0 Å². The molecule has 2 aromatic rings. The van der Waals surface area contributed by atoms with E-state index >= 15 is 4.39 Å². The lowest BCUT2D eigenvalue weighted by molar-refractivity contribution is -0.141. The summed E-state index contributed by atoms with van der Waals surface area (Å²) in [5, 5.41) is 0. The zero-order valence-corrected chi connectivity index (χ0v) is 18.5. The van der Waals surface area contributed by atoms with Crippen LogP contribution in [0.4, 0.5) is 10.1 Å². The number of fused-ring (bicyclic) bond motifs is 1. The van der Waals surface area contributed by atoms with E-state index in [0.29, 0.717) is 28.5 Å². The van der Waals surface area contributed by atoms with E-state index in [1.807, 2.05) is 6.07 Å². The standard InChI is InChI=1S/C24H27FN2O5/c1-16(28)27-15-22(32-21-7-5-4-6-20(21)27)23(29)26-10-8-24(25,9-11-26)17-12-18(30-2)14-19(13-17)31-3/h4-7,12-14,22H,8-11,15H2,1-3H3. The van der Waals surface area contributed by atoms with Crippen molar-refractivity contribution < 1.29 is 28.2 Å². The third kappa shape index (κ3) is 4.09. The number of alkyl halides is 1. The molecule has 170 valence electrons. The number of hydrogen-bond acceptors (Lipinski definition) is 5. The third-order valence-corrected chi connectivity index (χ3v) is 6.17. The second-order valence-electron chi connectivity index (χ2n) is 8.10. The topological polar surface area (TPSA) is 68.3 Å². The number of carbonyl (C=O) groups is 2. The molecule has 0 bridgehead atoms. The maximum Gasteiger partial charge on any atom is 0.265 e. The average molecular weight is 442 g/mol. The Labute approximate surface area is 186 Å². The van der Waals surface area contributed by atoms with Crippen LogP contribution in [-0.4, -0.2) is 56.7 Å². The van der Waals surface area contributed by atoms with Crippen LogP contribution in [0.1, 0.15) is 25.3 Å². The van der Waals surface area contributed by atoms with Crippen LogP contribution in [0.25, 0.3) is 0 Å². The molecule has 8 heteroatoms. The van der Waals surface area contributed by atoms with Gasteiger partial charge in [0.2, 0.25) is 5.91 Å². The molecule has 2 heterocycles. The predicted octanol–water partition coefficient (Wildman–Crippen LogP) is 3.31. The Hall–Kier alpha value is -3.29. The quantitative estimate of drug-likeness (QED) is 0.727. The lowest BCUT2D eigenvalue weighted by atomic mass is 9.85. The smallest absolute Gasteiger partial charge is 0.265 e. The molecule has 0 aliphatic carbocycles. The van der Waals surface area contributed by atoms with E-state index in [0.717, 1.165) is 0 Å². The number of piperidine rings is 1. The lowest BCUT2D eigenvalue weighted by Gasteiger charge is -2.40. The minimum absolute atomic E-state index is 0.134. The minimum Gasteiger partial charge on any atom is -0.497 e. The summed E-state index contributed by atoms with van der Waals surface area (Å²) in [6.45, 7) is 2.09. The molecule has 2 aliphatic heterocycles. The second kappa shape index (κ2) is 8.68. The van der Waals surface area contributed by atoms with Crippen molar-refractivity contribution in [3.8, 4) is 17.2 Å². The number of carbonyl (C=O) groups excluding carboxylic acids is 2. The van der Waals surface area contributed by atoms with Gasteiger partial charge in [-0.15, -0.1) is 0 Å². The van der Waals surface area contributed by atoms with E-state index in [-0.39, 0.29) is 44.3 Å². The summed E-state index contributed by atoms with van der Waals surface area (Å²) in [4.78, 5) is 28.5. The van der Waals surface area contributed by atoms with Crippen LogP contribution in [0.15, 0.2) is 42.5 Å². The van der Waals surface area contributed by atoms with Gasteiger partial charge < -0.3 is 24.0 Å². The molecule has 1 fully saturated rings. The molecule has 7 nitrogen and oxygen atoms in total. The van der Waals surface area contributed by atoms with Crippen molar-refractivity contribution in [3.63, 3.8) is 0 Å². The first-order chi connectivity index (χ1) is 15.3. The number of para-hydroxylation sites is 2. The van der Waals surface area contributed by atoms with Crippen LogP contribution in [0.5, 0.6) is 17.2 Å². The number of ether oxygens (including phenoxy) is 3. The van der Waals surface area contributed by atoms with Crippen LogP contribution in [0, 0.1) is 0 Å². The highest BCUT2D eigenvalue weighted by Gasteiger charge is 2.41. The van der Waals surface area contributed by atoms with Crippen LogP contribution >= 0.6 is 0 Å². The van der Waals surface area contributed by atoms with Crippen LogP contribution < -0.4 is 19.1 Å². The number of hydrogen-bond donors (Lipinski definition) is 0. The van der Waals surface area contributed by atoms with Gasteiger partial charge >= 0.3 is 0 Å². The molecule has 1 unspecified atom stereocenters.